The van der Waals surface area contributed by atoms with Crippen LogP contribution in [0.5, 0.6) is 0 Å². The molecule has 9 heteroatoms. The van der Waals surface area contributed by atoms with Gasteiger partial charge in [-0.05, 0) is 12.1 Å². The molecule has 3 rings (SSSR count). The quantitative estimate of drug-likeness (QED) is 0.787. The molecular formula is C13H10ClF4N3O. The van der Waals surface area contributed by atoms with Gasteiger partial charge in [0.2, 0.25) is 0 Å². The summed E-state index contributed by atoms with van der Waals surface area (Å²) in [5.74, 6) is -6.13. The second-order valence-corrected chi connectivity index (χ2v) is 5.53. The van der Waals surface area contributed by atoms with E-state index < -0.39 is 53.3 Å². The number of aromatic amines is 1. The molecule has 1 aromatic carbocycles. The maximum atomic E-state index is 14.3. The summed E-state index contributed by atoms with van der Waals surface area (Å²) in [6.07, 6.45) is 0. The van der Waals surface area contributed by atoms with E-state index in [1.807, 2.05) is 0 Å². The molecule has 0 saturated carbocycles. The number of nitrogens with one attached hydrogen (secondary N) is 1. The van der Waals surface area contributed by atoms with Gasteiger partial charge in [-0.1, -0.05) is 11.6 Å². The molecule has 1 aliphatic rings. The molecule has 1 atom stereocenters. The van der Waals surface area contributed by atoms with Gasteiger partial charge in [0.05, 0.1) is 28.5 Å². The van der Waals surface area contributed by atoms with E-state index >= 15 is 0 Å². The second kappa shape index (κ2) is 4.85. The molecule has 0 spiro atoms. The fourth-order valence-electron chi connectivity index (χ4n) is 2.45. The second-order valence-electron chi connectivity index (χ2n) is 5.15. The monoisotopic (exact) mass is 335 g/mol. The number of nitrogens with two attached hydrogens (primary N) is 1. The molecule has 0 aliphatic carbocycles. The summed E-state index contributed by atoms with van der Waals surface area (Å²) in [4.78, 5) is 15.4. The summed E-state index contributed by atoms with van der Waals surface area (Å²) < 4.78 is 54.5. The number of aromatic nitrogens is 1. The number of rotatable bonds is 1. The maximum Gasteiger partial charge on any atom is 0.281 e. The number of carbonyl (C=O) groups excluding carboxylic acids is 1. The van der Waals surface area contributed by atoms with Crippen LogP contribution >= 0.6 is 11.6 Å². The Balaban J connectivity index is 2.03. The fourth-order valence-corrected chi connectivity index (χ4v) is 2.70. The molecule has 1 aromatic heterocycles. The third-order valence-corrected chi connectivity index (χ3v) is 4.03. The average molecular weight is 336 g/mol. The molecule has 0 radical (unpaired) electrons. The fraction of sp³-hybridized carbons (Fsp3) is 0.308. The van der Waals surface area contributed by atoms with Crippen LogP contribution in [0.2, 0.25) is 5.02 Å². The van der Waals surface area contributed by atoms with Crippen LogP contribution in [0.3, 0.4) is 0 Å². The Morgan fingerprint density at radius 3 is 2.68 bits per heavy atom. The first-order valence-corrected chi connectivity index (χ1v) is 6.68. The number of amides is 1. The predicted molar refractivity (Wildman–Crippen MR) is 72.1 cm³/mol. The highest BCUT2D eigenvalue weighted by Gasteiger charge is 2.48. The lowest BCUT2D eigenvalue weighted by molar-refractivity contribution is -0.000473. The van der Waals surface area contributed by atoms with E-state index in [0.717, 1.165) is 11.0 Å². The molecule has 22 heavy (non-hydrogen) atoms. The molecule has 1 aliphatic heterocycles. The van der Waals surface area contributed by atoms with Crippen LogP contribution in [-0.4, -0.2) is 40.8 Å². The zero-order chi connectivity index (χ0) is 16.2. The maximum absolute atomic E-state index is 14.3. The first-order chi connectivity index (χ1) is 10.2. The molecule has 2 heterocycles. The summed E-state index contributed by atoms with van der Waals surface area (Å²) in [5.41, 5.74) is 4.81. The van der Waals surface area contributed by atoms with Gasteiger partial charge >= 0.3 is 0 Å². The molecule has 1 saturated heterocycles. The summed E-state index contributed by atoms with van der Waals surface area (Å²) in [6.45, 7) is -1.30. The third-order valence-electron chi connectivity index (χ3n) is 3.66. The largest absolute Gasteiger partial charge is 0.348 e. The zero-order valence-electron chi connectivity index (χ0n) is 11.0. The highest BCUT2D eigenvalue weighted by Crippen LogP contribution is 2.32. The molecule has 2 aromatic rings. The minimum atomic E-state index is -3.23. The predicted octanol–water partition coefficient (Wildman–Crippen LogP) is 2.52. The standard InChI is InChI=1S/C13H10ClF4N3O/c14-9-5(15)1-2-6-8(9)10(16)11(20-6)12(22)21-3-7(19)13(17,18)4-21/h1-2,7,20H,3-4,19H2/t7-/m0/s1. The number of carbonyl (C=O) groups is 1. The lowest BCUT2D eigenvalue weighted by Crippen LogP contribution is -2.38. The molecular weight excluding hydrogens is 326 g/mol. The van der Waals surface area contributed by atoms with E-state index in [9.17, 15) is 22.4 Å². The molecule has 1 fully saturated rings. The molecule has 3 N–H and O–H groups in total. The normalized spacial score (nSPS) is 20.8. The van der Waals surface area contributed by atoms with E-state index in [1.54, 1.807) is 0 Å². The van der Waals surface area contributed by atoms with E-state index in [1.165, 1.54) is 6.07 Å². The van der Waals surface area contributed by atoms with Crippen LogP contribution in [0.15, 0.2) is 12.1 Å². The molecule has 4 nitrogen and oxygen atoms in total. The van der Waals surface area contributed by atoms with Crippen LogP contribution in [-0.2, 0) is 0 Å². The van der Waals surface area contributed by atoms with Crippen LogP contribution in [0.1, 0.15) is 10.5 Å². The number of fused-ring (bicyclic) bond motifs is 1. The Hall–Kier alpha value is -1.80. The summed E-state index contributed by atoms with van der Waals surface area (Å²) >= 11 is 5.68. The van der Waals surface area contributed by atoms with Gasteiger partial charge in [-0.25, -0.2) is 17.6 Å². The number of H-pyrrole nitrogens is 1. The first kappa shape index (κ1) is 15.1. The van der Waals surface area contributed by atoms with Gasteiger partial charge < -0.3 is 15.6 Å². The van der Waals surface area contributed by atoms with E-state index in [0.29, 0.717) is 0 Å². The van der Waals surface area contributed by atoms with Crippen molar-refractivity contribution in [3.63, 3.8) is 0 Å². The number of alkyl halides is 2. The van der Waals surface area contributed by atoms with Crippen LogP contribution in [0.4, 0.5) is 17.6 Å². The minimum absolute atomic E-state index is 0.0995. The van der Waals surface area contributed by atoms with E-state index in [-0.39, 0.29) is 10.9 Å². The molecule has 0 bridgehead atoms. The van der Waals surface area contributed by atoms with Gasteiger partial charge in [0.15, 0.2) is 5.82 Å². The number of likely N-dealkylation sites (tertiary alicyclic amines) is 1. The highest BCUT2D eigenvalue weighted by molar-refractivity contribution is 6.35. The van der Waals surface area contributed by atoms with Crippen molar-refractivity contribution in [2.24, 2.45) is 5.73 Å². The Kier molecular flexibility index (Phi) is 3.33. The Morgan fingerprint density at radius 1 is 1.41 bits per heavy atom. The third kappa shape index (κ3) is 2.14. The van der Waals surface area contributed by atoms with Gasteiger partial charge in [-0.2, -0.15) is 0 Å². The van der Waals surface area contributed by atoms with Crippen LogP contribution in [0, 0.1) is 11.6 Å². The zero-order valence-corrected chi connectivity index (χ0v) is 11.7. The number of benzene rings is 1. The van der Waals surface area contributed by atoms with Crippen LogP contribution in [0.25, 0.3) is 10.9 Å². The first-order valence-electron chi connectivity index (χ1n) is 6.30. The molecule has 1 amide bonds. The van der Waals surface area contributed by atoms with Crippen molar-refractivity contribution in [2.45, 2.75) is 12.0 Å². The summed E-state index contributed by atoms with van der Waals surface area (Å²) in [6, 6.07) is 0.708. The van der Waals surface area contributed by atoms with Crippen molar-refractivity contribution in [1.29, 1.82) is 0 Å². The number of nitrogens with zero attached hydrogens (tertiary/aromatic N) is 1. The topological polar surface area (TPSA) is 62.1 Å². The van der Waals surface area contributed by atoms with Gasteiger partial charge in [0.1, 0.15) is 11.5 Å². The number of hydrogen-bond donors (Lipinski definition) is 2. The SMILES string of the molecule is N[C@H]1CN(C(=O)c2[nH]c3ccc(F)c(Cl)c3c2F)CC1(F)F. The van der Waals surface area contributed by atoms with Gasteiger partial charge in [-0.3, -0.25) is 4.79 Å². The number of hydrogen-bond acceptors (Lipinski definition) is 2. The lowest BCUT2D eigenvalue weighted by atomic mass is 10.2. The van der Waals surface area contributed by atoms with Gasteiger partial charge in [-0.15, -0.1) is 0 Å². The molecule has 118 valence electrons. The van der Waals surface area contributed by atoms with Crippen molar-refractivity contribution in [3.8, 4) is 0 Å². The minimum Gasteiger partial charge on any atom is -0.348 e. The van der Waals surface area contributed by atoms with Crippen molar-refractivity contribution in [1.82, 2.24) is 9.88 Å². The summed E-state index contributed by atoms with van der Waals surface area (Å²) in [7, 11) is 0. The smallest absolute Gasteiger partial charge is 0.281 e. The average Bonchev–Trinajstić information content (AvgIpc) is 2.92. The van der Waals surface area contributed by atoms with E-state index in [2.05, 4.69) is 4.98 Å². The highest BCUT2D eigenvalue weighted by atomic mass is 35.5. The Bertz CT molecular complexity index is 776. The van der Waals surface area contributed by atoms with Crippen molar-refractivity contribution >= 4 is 28.4 Å². The number of halogens is 5. The van der Waals surface area contributed by atoms with Gasteiger partial charge in [0.25, 0.3) is 11.8 Å². The Morgan fingerprint density at radius 2 is 2.09 bits per heavy atom. The van der Waals surface area contributed by atoms with E-state index in [4.69, 9.17) is 17.3 Å². The summed E-state index contributed by atoms with van der Waals surface area (Å²) in [5, 5.41) is -0.769. The van der Waals surface area contributed by atoms with Crippen molar-refractivity contribution < 1.29 is 22.4 Å². The van der Waals surface area contributed by atoms with Gasteiger partial charge in [0, 0.05) is 6.54 Å². The van der Waals surface area contributed by atoms with Crippen molar-refractivity contribution in [2.75, 3.05) is 13.1 Å². The Labute approximate surface area is 126 Å². The lowest BCUT2D eigenvalue weighted by Gasteiger charge is -2.14. The van der Waals surface area contributed by atoms with Crippen molar-refractivity contribution in [3.05, 3.63) is 34.5 Å². The molecule has 0 unspecified atom stereocenters. The van der Waals surface area contributed by atoms with Crippen LogP contribution < -0.4 is 5.73 Å².